The Morgan fingerprint density at radius 3 is 2.76 bits per heavy atom. The molecule has 1 unspecified atom stereocenters. The second kappa shape index (κ2) is 8.28. The molecule has 5 heteroatoms. The van der Waals surface area contributed by atoms with Crippen LogP contribution in [0.1, 0.15) is 30.6 Å². The van der Waals surface area contributed by atoms with Crippen LogP contribution >= 0.6 is 43.5 Å². The van der Waals surface area contributed by atoms with Crippen molar-refractivity contribution in [3.05, 3.63) is 61.8 Å². The average molecular weight is 433 g/mol. The van der Waals surface area contributed by atoms with Crippen molar-refractivity contribution < 1.29 is 0 Å². The van der Waals surface area contributed by atoms with Crippen LogP contribution in [-0.4, -0.2) is 11.5 Å². The van der Waals surface area contributed by atoms with E-state index in [0.717, 1.165) is 39.0 Å². The van der Waals surface area contributed by atoms with Crippen molar-refractivity contribution in [3.8, 4) is 0 Å². The van der Waals surface area contributed by atoms with Crippen molar-refractivity contribution >= 4 is 43.5 Å². The summed E-state index contributed by atoms with van der Waals surface area (Å²) in [6.45, 7) is 3.11. The molecule has 0 saturated heterocycles. The summed E-state index contributed by atoms with van der Waals surface area (Å²) in [5, 5.41) is 4.33. The maximum absolute atomic E-state index is 6.08. The minimum absolute atomic E-state index is 0.158. The van der Waals surface area contributed by atoms with E-state index in [4.69, 9.17) is 11.6 Å². The first-order valence-corrected chi connectivity index (χ1v) is 8.85. The summed E-state index contributed by atoms with van der Waals surface area (Å²) in [5.41, 5.74) is 2.22. The largest absolute Gasteiger partial charge is 0.308 e. The number of halogens is 3. The highest BCUT2D eigenvalue weighted by Gasteiger charge is 2.16. The van der Waals surface area contributed by atoms with Gasteiger partial charge in [-0.25, -0.2) is 0 Å². The SMILES string of the molecule is CCCNC(Cc1cccc(Cl)c1)c1ncc(Br)cc1Br. The molecule has 2 aromatic rings. The Hall–Kier alpha value is -0.420. The lowest BCUT2D eigenvalue weighted by Gasteiger charge is -2.19. The zero-order valence-corrected chi connectivity index (χ0v) is 15.7. The molecule has 0 saturated carbocycles. The molecule has 2 rings (SSSR count). The zero-order valence-electron chi connectivity index (χ0n) is 11.7. The highest BCUT2D eigenvalue weighted by atomic mass is 79.9. The van der Waals surface area contributed by atoms with E-state index in [-0.39, 0.29) is 6.04 Å². The van der Waals surface area contributed by atoms with Crippen molar-refractivity contribution in [1.29, 1.82) is 0 Å². The summed E-state index contributed by atoms with van der Waals surface area (Å²) in [4.78, 5) is 4.56. The van der Waals surface area contributed by atoms with Crippen LogP contribution in [0.4, 0.5) is 0 Å². The fraction of sp³-hybridized carbons (Fsp3) is 0.312. The third-order valence-corrected chi connectivity index (χ3v) is 4.44. The van der Waals surface area contributed by atoms with Crippen molar-refractivity contribution in [2.24, 2.45) is 0 Å². The lowest BCUT2D eigenvalue weighted by atomic mass is 10.0. The van der Waals surface area contributed by atoms with E-state index >= 15 is 0 Å². The predicted molar refractivity (Wildman–Crippen MR) is 95.8 cm³/mol. The number of nitrogens with one attached hydrogen (secondary N) is 1. The van der Waals surface area contributed by atoms with Crippen molar-refractivity contribution in [2.75, 3.05) is 6.54 Å². The van der Waals surface area contributed by atoms with Gasteiger partial charge in [0.15, 0.2) is 0 Å². The second-order valence-electron chi connectivity index (χ2n) is 4.86. The molecule has 0 aliphatic carbocycles. The number of benzene rings is 1. The fourth-order valence-electron chi connectivity index (χ4n) is 2.17. The molecule has 0 spiro atoms. The number of aromatic nitrogens is 1. The first-order valence-electron chi connectivity index (χ1n) is 6.89. The molecule has 0 radical (unpaired) electrons. The van der Waals surface area contributed by atoms with E-state index in [1.54, 1.807) is 0 Å². The Balaban J connectivity index is 2.25. The number of nitrogens with zero attached hydrogens (tertiary/aromatic N) is 1. The molecule has 1 atom stereocenters. The van der Waals surface area contributed by atoms with Crippen LogP contribution in [0.5, 0.6) is 0 Å². The van der Waals surface area contributed by atoms with Crippen molar-refractivity contribution in [3.63, 3.8) is 0 Å². The van der Waals surface area contributed by atoms with Crippen LogP contribution < -0.4 is 5.32 Å². The van der Waals surface area contributed by atoms with Gasteiger partial charge in [-0.1, -0.05) is 30.7 Å². The van der Waals surface area contributed by atoms with Crippen LogP contribution in [0, 0.1) is 0 Å². The molecule has 21 heavy (non-hydrogen) atoms. The minimum atomic E-state index is 0.158. The topological polar surface area (TPSA) is 24.9 Å². The number of hydrogen-bond donors (Lipinski definition) is 1. The summed E-state index contributed by atoms with van der Waals surface area (Å²) in [7, 11) is 0. The highest BCUT2D eigenvalue weighted by Crippen LogP contribution is 2.27. The number of rotatable bonds is 6. The minimum Gasteiger partial charge on any atom is -0.308 e. The van der Waals surface area contributed by atoms with Gasteiger partial charge < -0.3 is 5.32 Å². The summed E-state index contributed by atoms with van der Waals surface area (Å²) >= 11 is 13.1. The van der Waals surface area contributed by atoms with Crippen LogP contribution in [0.2, 0.25) is 5.02 Å². The molecule has 0 fully saturated rings. The first kappa shape index (κ1) is 16.9. The van der Waals surface area contributed by atoms with Gasteiger partial charge in [0, 0.05) is 20.2 Å². The summed E-state index contributed by atoms with van der Waals surface area (Å²) in [5.74, 6) is 0. The van der Waals surface area contributed by atoms with Gasteiger partial charge in [0.2, 0.25) is 0 Å². The van der Waals surface area contributed by atoms with Gasteiger partial charge >= 0.3 is 0 Å². The monoisotopic (exact) mass is 430 g/mol. The van der Waals surface area contributed by atoms with E-state index < -0.39 is 0 Å². The molecule has 1 N–H and O–H groups in total. The molecule has 0 bridgehead atoms. The van der Waals surface area contributed by atoms with E-state index in [1.165, 1.54) is 5.56 Å². The lowest BCUT2D eigenvalue weighted by molar-refractivity contribution is 0.516. The van der Waals surface area contributed by atoms with E-state index in [9.17, 15) is 0 Å². The molecule has 0 aliphatic rings. The third-order valence-electron chi connectivity index (χ3n) is 3.14. The Morgan fingerprint density at radius 2 is 2.10 bits per heavy atom. The number of pyridine rings is 1. The van der Waals surface area contributed by atoms with Gasteiger partial charge in [-0.05, 0) is 75.0 Å². The van der Waals surface area contributed by atoms with E-state index in [1.807, 2.05) is 30.5 Å². The van der Waals surface area contributed by atoms with Crippen LogP contribution in [0.15, 0.2) is 45.5 Å². The van der Waals surface area contributed by atoms with Crippen LogP contribution in [0.3, 0.4) is 0 Å². The normalized spacial score (nSPS) is 12.4. The molecule has 1 heterocycles. The first-order chi connectivity index (χ1) is 10.1. The van der Waals surface area contributed by atoms with Crippen LogP contribution in [-0.2, 0) is 6.42 Å². The average Bonchev–Trinajstić information content (AvgIpc) is 2.44. The maximum Gasteiger partial charge on any atom is 0.0719 e. The lowest BCUT2D eigenvalue weighted by Crippen LogP contribution is -2.25. The summed E-state index contributed by atoms with van der Waals surface area (Å²) in [6.07, 6.45) is 3.77. The van der Waals surface area contributed by atoms with E-state index in [2.05, 4.69) is 55.2 Å². The quantitative estimate of drug-likeness (QED) is 0.648. The summed E-state index contributed by atoms with van der Waals surface area (Å²) in [6, 6.07) is 10.2. The Kier molecular flexibility index (Phi) is 6.68. The van der Waals surface area contributed by atoms with Crippen LogP contribution in [0.25, 0.3) is 0 Å². The summed E-state index contributed by atoms with van der Waals surface area (Å²) < 4.78 is 1.97. The van der Waals surface area contributed by atoms with Gasteiger partial charge in [-0.3, -0.25) is 4.98 Å². The molecule has 1 aromatic carbocycles. The van der Waals surface area contributed by atoms with Gasteiger partial charge in [0.1, 0.15) is 0 Å². The van der Waals surface area contributed by atoms with Crippen molar-refractivity contribution in [1.82, 2.24) is 10.3 Å². The molecule has 2 nitrogen and oxygen atoms in total. The molecule has 112 valence electrons. The molecular formula is C16H17Br2ClN2. The standard InChI is InChI=1S/C16H17Br2ClN2/c1-2-6-20-15(8-11-4-3-5-13(19)7-11)16-14(18)9-12(17)10-21-16/h3-5,7,9-10,15,20H,2,6,8H2,1H3. The van der Waals surface area contributed by atoms with Gasteiger partial charge in [0.05, 0.1) is 11.7 Å². The highest BCUT2D eigenvalue weighted by molar-refractivity contribution is 9.11. The Morgan fingerprint density at radius 1 is 1.29 bits per heavy atom. The fourth-order valence-corrected chi connectivity index (χ4v) is 3.64. The molecule has 1 aromatic heterocycles. The Bertz CT molecular complexity index is 605. The second-order valence-corrected chi connectivity index (χ2v) is 7.07. The molecule has 0 amide bonds. The Labute approximate surface area is 147 Å². The smallest absolute Gasteiger partial charge is 0.0719 e. The maximum atomic E-state index is 6.08. The van der Waals surface area contributed by atoms with Gasteiger partial charge in [0.25, 0.3) is 0 Å². The molecular weight excluding hydrogens is 415 g/mol. The number of hydrogen-bond acceptors (Lipinski definition) is 2. The van der Waals surface area contributed by atoms with Gasteiger partial charge in [-0.2, -0.15) is 0 Å². The van der Waals surface area contributed by atoms with Gasteiger partial charge in [-0.15, -0.1) is 0 Å². The predicted octanol–water partition coefficient (Wildman–Crippen LogP) is 5.54. The van der Waals surface area contributed by atoms with Crippen molar-refractivity contribution in [2.45, 2.75) is 25.8 Å². The van der Waals surface area contributed by atoms with E-state index in [0.29, 0.717) is 0 Å². The molecule has 0 aliphatic heterocycles. The zero-order chi connectivity index (χ0) is 15.2. The third kappa shape index (κ3) is 5.06.